The number of nitrogens with zero attached hydrogens (tertiary/aromatic N) is 2. The van der Waals surface area contributed by atoms with Gasteiger partial charge >= 0.3 is 0 Å². The van der Waals surface area contributed by atoms with Crippen LogP contribution >= 0.6 is 0 Å². The van der Waals surface area contributed by atoms with E-state index in [2.05, 4.69) is 16.8 Å². The number of carbonyl (C=O) groups excluding carboxylic acids is 1. The lowest BCUT2D eigenvalue weighted by atomic mass is 10.1. The molecular weight excluding hydrogens is 192 g/mol. The molecule has 0 radical (unpaired) electrons. The van der Waals surface area contributed by atoms with Crippen LogP contribution in [0.2, 0.25) is 0 Å². The molecule has 0 saturated heterocycles. The number of methoxy groups -OCH3 is 1. The minimum absolute atomic E-state index is 0.0583. The van der Waals surface area contributed by atoms with Crippen LogP contribution in [0.5, 0.6) is 5.88 Å². The first kappa shape index (κ1) is 11.4. The summed E-state index contributed by atoms with van der Waals surface area (Å²) >= 11 is 0. The predicted octanol–water partition coefficient (Wildman–Crippen LogP) is 2.02. The van der Waals surface area contributed by atoms with Crippen molar-refractivity contribution in [3.63, 3.8) is 0 Å². The van der Waals surface area contributed by atoms with Gasteiger partial charge in [0.25, 0.3) is 0 Å². The second kappa shape index (κ2) is 5.24. The smallest absolute Gasteiger partial charge is 0.233 e. The van der Waals surface area contributed by atoms with Crippen molar-refractivity contribution in [3.05, 3.63) is 30.0 Å². The minimum Gasteiger partial charge on any atom is -0.480 e. The fourth-order valence-corrected chi connectivity index (χ4v) is 1.02. The quantitative estimate of drug-likeness (QED) is 0.546. The fourth-order valence-electron chi connectivity index (χ4n) is 1.02. The summed E-state index contributed by atoms with van der Waals surface area (Å²) < 4.78 is 4.85. The molecule has 4 nitrogen and oxygen atoms in total. The SMILES string of the molecule is C=C(CC)CC(=O)c1ccc(OC)nn1. The van der Waals surface area contributed by atoms with Crippen molar-refractivity contribution in [1.82, 2.24) is 10.2 Å². The van der Waals surface area contributed by atoms with Gasteiger partial charge in [-0.15, -0.1) is 10.2 Å². The maximum absolute atomic E-state index is 11.6. The van der Waals surface area contributed by atoms with Crippen LogP contribution in [0.1, 0.15) is 30.3 Å². The molecule has 0 amide bonds. The Morgan fingerprint density at radius 1 is 1.47 bits per heavy atom. The zero-order valence-corrected chi connectivity index (χ0v) is 8.99. The molecule has 0 saturated carbocycles. The summed E-state index contributed by atoms with van der Waals surface area (Å²) in [7, 11) is 1.50. The van der Waals surface area contributed by atoms with E-state index in [1.807, 2.05) is 6.92 Å². The Kier molecular flexibility index (Phi) is 3.97. The Hall–Kier alpha value is -1.71. The number of aromatic nitrogens is 2. The molecule has 0 aromatic carbocycles. The highest BCUT2D eigenvalue weighted by atomic mass is 16.5. The Morgan fingerprint density at radius 3 is 2.67 bits per heavy atom. The average Bonchev–Trinajstić information content (AvgIpc) is 2.29. The summed E-state index contributed by atoms with van der Waals surface area (Å²) in [5.41, 5.74) is 1.25. The van der Waals surface area contributed by atoms with E-state index in [1.165, 1.54) is 7.11 Å². The maximum Gasteiger partial charge on any atom is 0.233 e. The molecule has 1 aromatic rings. The van der Waals surface area contributed by atoms with E-state index in [0.717, 1.165) is 12.0 Å². The van der Waals surface area contributed by atoms with Gasteiger partial charge in [-0.2, -0.15) is 0 Å². The lowest BCUT2D eigenvalue weighted by Gasteiger charge is -2.01. The first-order valence-electron chi connectivity index (χ1n) is 4.75. The highest BCUT2D eigenvalue weighted by Crippen LogP contribution is 2.10. The minimum atomic E-state index is -0.0583. The zero-order valence-electron chi connectivity index (χ0n) is 8.99. The lowest BCUT2D eigenvalue weighted by Crippen LogP contribution is -2.04. The molecule has 0 bridgehead atoms. The summed E-state index contributed by atoms with van der Waals surface area (Å²) in [4.78, 5) is 11.6. The molecule has 0 aliphatic carbocycles. The van der Waals surface area contributed by atoms with Crippen LogP contribution in [0.15, 0.2) is 24.3 Å². The number of rotatable bonds is 5. The van der Waals surface area contributed by atoms with Crippen molar-refractivity contribution < 1.29 is 9.53 Å². The van der Waals surface area contributed by atoms with Gasteiger partial charge in [0.05, 0.1) is 7.11 Å². The van der Waals surface area contributed by atoms with Crippen molar-refractivity contribution in [2.24, 2.45) is 0 Å². The third-order valence-electron chi connectivity index (χ3n) is 2.05. The summed E-state index contributed by atoms with van der Waals surface area (Å²) in [6.45, 7) is 5.75. The van der Waals surface area contributed by atoms with Gasteiger partial charge in [0.1, 0.15) is 5.69 Å². The standard InChI is InChI=1S/C11H14N2O2/c1-4-8(2)7-10(14)9-5-6-11(15-3)13-12-9/h5-6H,2,4,7H2,1,3H3. The molecule has 0 N–H and O–H groups in total. The number of Topliss-reactive ketones (excluding diaryl/α,β-unsaturated/α-hetero) is 1. The van der Waals surface area contributed by atoms with Crippen LogP contribution in [0.4, 0.5) is 0 Å². The average molecular weight is 206 g/mol. The molecule has 0 aliphatic heterocycles. The predicted molar refractivity (Wildman–Crippen MR) is 57.0 cm³/mol. The number of hydrogen-bond acceptors (Lipinski definition) is 4. The normalized spacial score (nSPS) is 9.73. The van der Waals surface area contributed by atoms with E-state index in [9.17, 15) is 4.79 Å². The van der Waals surface area contributed by atoms with E-state index in [-0.39, 0.29) is 5.78 Å². The van der Waals surface area contributed by atoms with Crippen LogP contribution in [-0.4, -0.2) is 23.1 Å². The third-order valence-corrected chi connectivity index (χ3v) is 2.05. The summed E-state index contributed by atoms with van der Waals surface area (Å²) in [6, 6.07) is 3.23. The van der Waals surface area contributed by atoms with Crippen LogP contribution in [0, 0.1) is 0 Å². The molecule has 0 fully saturated rings. The Balaban J connectivity index is 2.70. The van der Waals surface area contributed by atoms with E-state index < -0.39 is 0 Å². The molecule has 0 unspecified atom stereocenters. The van der Waals surface area contributed by atoms with Crippen molar-refractivity contribution in [2.75, 3.05) is 7.11 Å². The molecule has 4 heteroatoms. The monoisotopic (exact) mass is 206 g/mol. The molecular formula is C11H14N2O2. The Bertz CT molecular complexity index is 357. The Morgan fingerprint density at radius 2 is 2.20 bits per heavy atom. The van der Waals surface area contributed by atoms with E-state index >= 15 is 0 Å². The van der Waals surface area contributed by atoms with Crippen LogP contribution in [0.25, 0.3) is 0 Å². The number of hydrogen-bond donors (Lipinski definition) is 0. The van der Waals surface area contributed by atoms with Gasteiger partial charge in [-0.25, -0.2) is 0 Å². The van der Waals surface area contributed by atoms with E-state index in [0.29, 0.717) is 18.0 Å². The van der Waals surface area contributed by atoms with Gasteiger partial charge in [0.2, 0.25) is 5.88 Å². The molecule has 15 heavy (non-hydrogen) atoms. The second-order valence-corrected chi connectivity index (χ2v) is 3.16. The maximum atomic E-state index is 11.6. The van der Waals surface area contributed by atoms with Gasteiger partial charge < -0.3 is 4.74 Å². The topological polar surface area (TPSA) is 52.1 Å². The molecule has 0 atom stereocenters. The fraction of sp³-hybridized carbons (Fsp3) is 0.364. The van der Waals surface area contributed by atoms with Gasteiger partial charge in [0.15, 0.2) is 5.78 Å². The molecule has 1 rings (SSSR count). The van der Waals surface area contributed by atoms with Gasteiger partial charge in [-0.05, 0) is 12.5 Å². The van der Waals surface area contributed by atoms with Crippen LogP contribution < -0.4 is 4.74 Å². The van der Waals surface area contributed by atoms with Crippen molar-refractivity contribution in [2.45, 2.75) is 19.8 Å². The van der Waals surface area contributed by atoms with Gasteiger partial charge in [-0.3, -0.25) is 4.79 Å². The van der Waals surface area contributed by atoms with Gasteiger partial charge in [0, 0.05) is 12.5 Å². The van der Waals surface area contributed by atoms with Crippen LogP contribution in [-0.2, 0) is 0 Å². The van der Waals surface area contributed by atoms with Crippen molar-refractivity contribution in [1.29, 1.82) is 0 Å². The van der Waals surface area contributed by atoms with E-state index in [1.54, 1.807) is 12.1 Å². The molecule has 1 aromatic heterocycles. The third kappa shape index (κ3) is 3.16. The van der Waals surface area contributed by atoms with Crippen LogP contribution in [0.3, 0.4) is 0 Å². The highest BCUT2D eigenvalue weighted by Gasteiger charge is 2.09. The number of carbonyl (C=O) groups is 1. The summed E-state index contributed by atoms with van der Waals surface area (Å²) in [6.07, 6.45) is 1.13. The van der Waals surface area contributed by atoms with Crippen molar-refractivity contribution >= 4 is 5.78 Å². The highest BCUT2D eigenvalue weighted by molar-refractivity contribution is 5.95. The number of allylic oxidation sites excluding steroid dienone is 1. The molecule has 1 heterocycles. The summed E-state index contributed by atoms with van der Waals surface area (Å²) in [5.74, 6) is 0.345. The molecule has 0 aliphatic rings. The van der Waals surface area contributed by atoms with Gasteiger partial charge in [-0.1, -0.05) is 19.1 Å². The van der Waals surface area contributed by atoms with Crippen molar-refractivity contribution in [3.8, 4) is 5.88 Å². The largest absolute Gasteiger partial charge is 0.480 e. The molecule has 0 spiro atoms. The lowest BCUT2D eigenvalue weighted by molar-refractivity contribution is 0.0986. The zero-order chi connectivity index (χ0) is 11.3. The Labute approximate surface area is 89.0 Å². The number of ketones is 1. The molecule has 80 valence electrons. The first-order valence-corrected chi connectivity index (χ1v) is 4.75. The first-order chi connectivity index (χ1) is 7.17. The number of ether oxygens (including phenoxy) is 1. The van der Waals surface area contributed by atoms with E-state index in [4.69, 9.17) is 4.74 Å². The second-order valence-electron chi connectivity index (χ2n) is 3.16. The summed E-state index contributed by atoms with van der Waals surface area (Å²) in [5, 5.41) is 7.50.